The molecule has 1 amide bonds. The molecule has 0 heterocycles. The number of nitrogens with two attached hydrogens (primary N) is 1. The molecule has 0 aliphatic carbocycles. The second-order valence-electron chi connectivity index (χ2n) is 19.0. The van der Waals surface area contributed by atoms with E-state index in [9.17, 15) is 19.5 Å². The summed E-state index contributed by atoms with van der Waals surface area (Å²) in [5.74, 6) is -1.22. The lowest BCUT2D eigenvalue weighted by Gasteiger charge is -2.18. The average Bonchev–Trinajstić information content (AvgIpc) is 3.26. The zero-order chi connectivity index (χ0) is 45.2. The largest absolute Gasteiger partial charge is 0.480 e. The van der Waals surface area contributed by atoms with Crippen LogP contribution >= 0.6 is 0 Å². The Labute approximate surface area is 385 Å². The summed E-state index contributed by atoms with van der Waals surface area (Å²) in [6.07, 6.45) is 58.6. The van der Waals surface area contributed by atoms with Gasteiger partial charge in [-0.05, 0) is 83.6 Å². The third-order valence-corrected chi connectivity index (χ3v) is 12.8. The van der Waals surface area contributed by atoms with Gasteiger partial charge in [-0.1, -0.05) is 225 Å². The van der Waals surface area contributed by atoms with Crippen LogP contribution in [0.25, 0.3) is 0 Å². The van der Waals surface area contributed by atoms with Crippen molar-refractivity contribution in [1.29, 1.82) is 0 Å². The fourth-order valence-electron chi connectivity index (χ4n) is 8.68. The van der Waals surface area contributed by atoms with Gasteiger partial charge in [0.05, 0.1) is 0 Å². The fraction of sp³-hybridized carbons (Fsp3) is 0.909. The highest BCUT2D eigenvalue weighted by atomic mass is 16.5. The molecule has 0 aromatic heterocycles. The first kappa shape index (κ1) is 60.1. The molecule has 0 aromatic rings. The number of allylic oxidation sites excluding steroid dienone is 2. The molecule has 0 spiro atoms. The van der Waals surface area contributed by atoms with Gasteiger partial charge in [0.15, 0.2) is 0 Å². The van der Waals surface area contributed by atoms with Gasteiger partial charge in [-0.25, -0.2) is 4.79 Å². The Kier molecular flexibility index (Phi) is 48.6. The number of carbonyl (C=O) groups is 3. The third-order valence-electron chi connectivity index (χ3n) is 12.8. The summed E-state index contributed by atoms with van der Waals surface area (Å²) in [5, 5.41) is 12.0. The molecular weight excluding hydrogens is 769 g/mol. The maximum absolute atomic E-state index is 12.9. The molecule has 0 aliphatic heterocycles. The standard InChI is InChI=1S/C55H106N2O5/c1-3-5-7-9-11-13-15-17-19-20-21-22-23-24-26-28-30-32-34-39-43-49-54(59)62-51(45-40-36-33-31-29-27-25-18-16-14-12-10-8-6-4-2)46-41-37-35-38-42-48-53(58)57-52(55(60)61)47-44-50-56/h27,29,51-52H,3-26,28,30-50,56H2,1-2H3,(H,57,58)(H,60,61)/b29-27-. The van der Waals surface area contributed by atoms with Crippen molar-refractivity contribution in [3.05, 3.63) is 12.2 Å². The highest BCUT2D eigenvalue weighted by molar-refractivity contribution is 5.83. The summed E-state index contributed by atoms with van der Waals surface area (Å²) in [5.41, 5.74) is 5.51. The van der Waals surface area contributed by atoms with Gasteiger partial charge in [0.2, 0.25) is 5.91 Å². The number of esters is 1. The first-order valence-electron chi connectivity index (χ1n) is 27.5. The van der Waals surface area contributed by atoms with Gasteiger partial charge < -0.3 is 20.9 Å². The number of carboxylic acids is 1. The summed E-state index contributed by atoms with van der Waals surface area (Å²) < 4.78 is 6.10. The average molecular weight is 875 g/mol. The van der Waals surface area contributed by atoms with Crippen molar-refractivity contribution >= 4 is 17.8 Å². The van der Waals surface area contributed by atoms with Crippen molar-refractivity contribution in [3.63, 3.8) is 0 Å². The Morgan fingerprint density at radius 1 is 0.452 bits per heavy atom. The third kappa shape index (κ3) is 46.1. The Hall–Kier alpha value is -1.89. The predicted octanol–water partition coefficient (Wildman–Crippen LogP) is 16.6. The minimum atomic E-state index is -1.00. The molecule has 7 heteroatoms. The number of unbranched alkanes of at least 4 members (excludes halogenated alkanes) is 35. The molecule has 7 nitrogen and oxygen atoms in total. The van der Waals surface area contributed by atoms with Crippen molar-refractivity contribution < 1.29 is 24.2 Å². The van der Waals surface area contributed by atoms with Gasteiger partial charge in [-0.15, -0.1) is 0 Å². The van der Waals surface area contributed by atoms with Crippen LogP contribution in [-0.2, 0) is 19.1 Å². The van der Waals surface area contributed by atoms with Crippen molar-refractivity contribution in [2.45, 2.75) is 315 Å². The summed E-state index contributed by atoms with van der Waals surface area (Å²) in [7, 11) is 0. The minimum absolute atomic E-state index is 0.00201. The van der Waals surface area contributed by atoms with Crippen molar-refractivity contribution in [1.82, 2.24) is 5.32 Å². The molecule has 0 fully saturated rings. The SMILES string of the molecule is CCCCCCCCCC/C=C\CCCCCC(CCCCCCCC(=O)NC(CCCN)C(=O)O)OC(=O)CCCCCCCCCCCCCCCCCCCCCCC. The highest BCUT2D eigenvalue weighted by Crippen LogP contribution is 2.20. The van der Waals surface area contributed by atoms with E-state index in [4.69, 9.17) is 10.5 Å². The highest BCUT2D eigenvalue weighted by Gasteiger charge is 2.19. The number of hydrogen-bond acceptors (Lipinski definition) is 5. The lowest BCUT2D eigenvalue weighted by Crippen LogP contribution is -2.40. The Morgan fingerprint density at radius 2 is 0.790 bits per heavy atom. The molecule has 0 rings (SSSR count). The molecule has 0 saturated carbocycles. The topological polar surface area (TPSA) is 119 Å². The van der Waals surface area contributed by atoms with Gasteiger partial charge in [0.1, 0.15) is 12.1 Å². The summed E-state index contributed by atoms with van der Waals surface area (Å²) >= 11 is 0. The van der Waals surface area contributed by atoms with Crippen LogP contribution in [0.4, 0.5) is 0 Å². The van der Waals surface area contributed by atoms with Gasteiger partial charge in [-0.2, -0.15) is 0 Å². The molecule has 2 unspecified atom stereocenters. The van der Waals surface area contributed by atoms with Crippen LogP contribution in [0.15, 0.2) is 12.2 Å². The Balaban J connectivity index is 4.22. The number of carboxylic acid groups (broad SMARTS) is 1. The van der Waals surface area contributed by atoms with Crippen molar-refractivity contribution in [2.75, 3.05) is 6.54 Å². The zero-order valence-electron chi connectivity index (χ0n) is 41.5. The maximum Gasteiger partial charge on any atom is 0.326 e. The molecule has 366 valence electrons. The predicted molar refractivity (Wildman–Crippen MR) is 267 cm³/mol. The van der Waals surface area contributed by atoms with E-state index in [2.05, 4.69) is 31.3 Å². The molecule has 0 saturated heterocycles. The summed E-state index contributed by atoms with van der Waals surface area (Å²) in [4.78, 5) is 36.6. The molecule has 62 heavy (non-hydrogen) atoms. The van der Waals surface area contributed by atoms with E-state index in [0.717, 1.165) is 70.6 Å². The second kappa shape index (κ2) is 50.1. The number of rotatable bonds is 51. The molecule has 0 aliphatic rings. The number of aliphatic carboxylic acids is 1. The second-order valence-corrected chi connectivity index (χ2v) is 19.0. The first-order chi connectivity index (χ1) is 30.4. The normalized spacial score (nSPS) is 12.6. The molecule has 0 radical (unpaired) electrons. The van der Waals surface area contributed by atoms with E-state index in [1.165, 1.54) is 193 Å². The molecular formula is C55H106N2O5. The van der Waals surface area contributed by atoms with Crippen LogP contribution in [0.5, 0.6) is 0 Å². The van der Waals surface area contributed by atoms with Crippen LogP contribution in [0, 0.1) is 0 Å². The fourth-order valence-corrected chi connectivity index (χ4v) is 8.68. The van der Waals surface area contributed by atoms with Gasteiger partial charge in [0, 0.05) is 12.8 Å². The van der Waals surface area contributed by atoms with Crippen molar-refractivity contribution in [3.8, 4) is 0 Å². The van der Waals surface area contributed by atoms with Gasteiger partial charge in [0.25, 0.3) is 0 Å². The summed E-state index contributed by atoms with van der Waals surface area (Å²) in [6, 6.07) is -0.856. The lowest BCUT2D eigenvalue weighted by molar-refractivity contribution is -0.150. The van der Waals surface area contributed by atoms with Crippen LogP contribution in [-0.4, -0.2) is 41.6 Å². The lowest BCUT2D eigenvalue weighted by atomic mass is 10.0. The van der Waals surface area contributed by atoms with E-state index in [1.54, 1.807) is 0 Å². The Bertz CT molecular complexity index is 987. The van der Waals surface area contributed by atoms with Crippen molar-refractivity contribution in [2.24, 2.45) is 5.73 Å². The molecule has 2 atom stereocenters. The van der Waals surface area contributed by atoms with Crippen LogP contribution < -0.4 is 11.1 Å². The van der Waals surface area contributed by atoms with E-state index >= 15 is 0 Å². The minimum Gasteiger partial charge on any atom is -0.480 e. The van der Waals surface area contributed by atoms with E-state index < -0.39 is 12.0 Å². The zero-order valence-corrected chi connectivity index (χ0v) is 41.5. The summed E-state index contributed by atoms with van der Waals surface area (Å²) in [6.45, 7) is 4.98. The smallest absolute Gasteiger partial charge is 0.326 e. The quantitative estimate of drug-likeness (QED) is 0.0318. The molecule has 0 aromatic carbocycles. The van der Waals surface area contributed by atoms with Gasteiger partial charge in [-0.3, -0.25) is 9.59 Å². The number of nitrogens with one attached hydrogen (secondary N) is 1. The number of carbonyl (C=O) groups excluding carboxylic acids is 2. The maximum atomic E-state index is 12.9. The van der Waals surface area contributed by atoms with E-state index in [0.29, 0.717) is 32.2 Å². The van der Waals surface area contributed by atoms with Crippen LogP contribution in [0.2, 0.25) is 0 Å². The molecule has 0 bridgehead atoms. The number of ether oxygens (including phenoxy) is 1. The van der Waals surface area contributed by atoms with Crippen LogP contribution in [0.3, 0.4) is 0 Å². The number of amides is 1. The molecule has 4 N–H and O–H groups in total. The van der Waals surface area contributed by atoms with E-state index in [1.807, 2.05) is 0 Å². The first-order valence-corrected chi connectivity index (χ1v) is 27.5. The monoisotopic (exact) mass is 875 g/mol. The number of hydrogen-bond donors (Lipinski definition) is 3. The van der Waals surface area contributed by atoms with Crippen LogP contribution in [0.1, 0.15) is 303 Å². The van der Waals surface area contributed by atoms with E-state index in [-0.39, 0.29) is 18.0 Å². The van der Waals surface area contributed by atoms with Gasteiger partial charge >= 0.3 is 11.9 Å². The Morgan fingerprint density at radius 3 is 1.18 bits per heavy atom.